The molecule has 0 amide bonds. The summed E-state index contributed by atoms with van der Waals surface area (Å²) in [5, 5.41) is 0. The summed E-state index contributed by atoms with van der Waals surface area (Å²) in [7, 11) is -18.0. The maximum absolute atomic E-state index is 9.75. The van der Waals surface area contributed by atoms with Gasteiger partial charge in [0, 0.05) is 0 Å². The van der Waals surface area contributed by atoms with Crippen LogP contribution in [0.15, 0.2) is 0 Å². The van der Waals surface area contributed by atoms with Crippen molar-refractivity contribution >= 4 is 21.8 Å². The molecule has 0 aliphatic heterocycles. The molecule has 0 saturated carbocycles. The van der Waals surface area contributed by atoms with Crippen molar-refractivity contribution in [3.8, 4) is 0 Å². The average molecular weight is 338 g/mol. The van der Waals surface area contributed by atoms with Crippen LogP contribution in [0.4, 0.5) is 65.0 Å². The van der Waals surface area contributed by atoms with E-state index < -0.39 is 28.4 Å². The van der Waals surface area contributed by atoms with E-state index >= 15 is 0 Å². The van der Waals surface area contributed by atoms with Crippen LogP contribution in [-0.4, -0.2) is 28.4 Å². The molecule has 0 aliphatic carbocycles. The Bertz CT molecular complexity index is 134. The first-order chi connectivity index (χ1) is 7.73. The fourth-order valence-electron chi connectivity index (χ4n) is 0. The van der Waals surface area contributed by atoms with Crippen LogP contribution in [0.3, 0.4) is 0 Å². The molecule has 0 spiro atoms. The van der Waals surface area contributed by atoms with Gasteiger partial charge in [-0.15, -0.1) is 0 Å². The fraction of sp³-hybridized carbons (Fsp3) is 1.00. The summed E-state index contributed by atoms with van der Waals surface area (Å²) in [6.45, 7) is -3.67. The van der Waals surface area contributed by atoms with E-state index in [1.807, 2.05) is 0 Å². The Morgan fingerprint density at radius 2 is 0.450 bits per heavy atom. The first-order valence-corrected chi connectivity index (χ1v) is 3.27. The zero-order valence-electron chi connectivity index (χ0n) is 9.98. The Balaban J connectivity index is -0.0000000347. The maximum atomic E-state index is 9.75. The number of hydrogen-bond acceptors (Lipinski definition) is 0. The fourth-order valence-corrected chi connectivity index (χ4v) is 0. The molecule has 20 heavy (non-hydrogen) atoms. The van der Waals surface area contributed by atoms with Gasteiger partial charge in [0.1, 0.15) is 0 Å². The van der Waals surface area contributed by atoms with Crippen molar-refractivity contribution < 1.29 is 85.2 Å². The quantitative estimate of drug-likeness (QED) is 0.469. The third kappa shape index (κ3) is 74800. The molecule has 0 aromatic heterocycles. The van der Waals surface area contributed by atoms with Crippen LogP contribution in [0.1, 0.15) is 1.43 Å². The zero-order valence-corrected chi connectivity index (χ0v) is 8.98. The summed E-state index contributed by atoms with van der Waals surface area (Å²) >= 11 is 0. The predicted octanol–water partition coefficient (Wildman–Crippen LogP) is 2.20. The van der Waals surface area contributed by atoms with Crippen LogP contribution in [0.5, 0.6) is 0 Å². The van der Waals surface area contributed by atoms with E-state index in [4.69, 9.17) is 0 Å². The van der Waals surface area contributed by atoms with Crippen LogP contribution in [0.25, 0.3) is 0 Å². The smallest absolute Gasteiger partial charge is 1.00 e. The third-order valence-electron chi connectivity index (χ3n) is 0. The number of hydrogen-bond donors (Lipinski definition) is 0. The van der Waals surface area contributed by atoms with Crippen LogP contribution in [-0.2, 0) is 0 Å². The summed E-state index contributed by atoms with van der Waals surface area (Å²) in [4.78, 5) is 0. The largest absolute Gasteiger partial charge is 1.00 e. The topological polar surface area (TPSA) is 0 Å². The number of alkyl halides is 3. The van der Waals surface area contributed by atoms with Crippen LogP contribution >= 0.6 is 0 Å². The Kier molecular flexibility index (Phi) is 21.9. The van der Waals surface area contributed by atoms with Crippen molar-refractivity contribution in [2.24, 2.45) is 0 Å². The summed E-state index contributed by atoms with van der Waals surface area (Å²) in [6, 6.07) is 0. The van der Waals surface area contributed by atoms with Crippen molar-refractivity contribution in [3.63, 3.8) is 0 Å². The molecule has 0 aromatic carbocycles. The Labute approximate surface area is 115 Å². The van der Waals surface area contributed by atoms with Gasteiger partial charge in [-0.25, -0.2) is 0 Å². The molecule has 0 aromatic rings. The number of halogens is 15. The predicted molar refractivity (Wildman–Crippen MR) is 38.8 cm³/mol. The van der Waals surface area contributed by atoms with Gasteiger partial charge in [-0.2, -0.15) is 13.2 Å². The second kappa shape index (κ2) is 13.7. The van der Waals surface area contributed by atoms with Crippen LogP contribution in [0, 0.1) is 0 Å². The molecule has 0 aliphatic rings. The molecule has 0 unspecified atom stereocenters. The van der Waals surface area contributed by atoms with Crippen molar-refractivity contribution in [2.75, 3.05) is 0 Å². The normalized spacial score (nSPS) is 10.8. The minimum absolute atomic E-state index is 0. The Morgan fingerprint density at radius 1 is 0.450 bits per heavy atom. The van der Waals surface area contributed by atoms with Gasteiger partial charge in [0.2, 0.25) is 0 Å². The van der Waals surface area contributed by atoms with Crippen molar-refractivity contribution in [2.45, 2.75) is 6.68 Å². The van der Waals surface area contributed by atoms with E-state index in [-0.39, 0.29) is 20.3 Å². The first kappa shape index (κ1) is 31.9. The monoisotopic (exact) mass is 339 g/mol. The molecule has 0 atom stereocenters. The van der Waals surface area contributed by atoms with Crippen LogP contribution in [0.2, 0.25) is 0 Å². The second-order valence-corrected chi connectivity index (χ2v) is 1.73. The first-order valence-electron chi connectivity index (χ1n) is 3.27. The minimum Gasteiger partial charge on any atom is -1.00 e. The molecule has 0 fully saturated rings. The van der Waals surface area contributed by atoms with Crippen molar-refractivity contribution in [3.05, 3.63) is 0 Å². The van der Waals surface area contributed by atoms with Gasteiger partial charge >= 0.3 is 47.3 Å². The molecule has 0 heterocycles. The molecular formula is CH2B3F15Li-3. The molecule has 0 bridgehead atoms. The molecule has 124 valence electrons. The van der Waals surface area contributed by atoms with Crippen molar-refractivity contribution in [1.82, 2.24) is 0 Å². The van der Waals surface area contributed by atoms with Gasteiger partial charge in [-0.1, -0.05) is 0 Å². The summed E-state index contributed by atoms with van der Waals surface area (Å²) < 4.78 is 146. The van der Waals surface area contributed by atoms with Crippen LogP contribution < -0.4 is 18.9 Å². The van der Waals surface area contributed by atoms with E-state index in [1.54, 1.807) is 0 Å². The zero-order chi connectivity index (χ0) is 17.1. The second-order valence-electron chi connectivity index (χ2n) is 1.73. The summed E-state index contributed by atoms with van der Waals surface area (Å²) in [5.74, 6) is 0. The van der Waals surface area contributed by atoms with E-state index in [9.17, 15) is 65.0 Å². The van der Waals surface area contributed by atoms with Gasteiger partial charge < -0.3 is 53.2 Å². The van der Waals surface area contributed by atoms with E-state index in [0.717, 1.165) is 0 Å². The summed E-state index contributed by atoms with van der Waals surface area (Å²) in [6.07, 6.45) is 0. The molecule has 0 radical (unpaired) electrons. The molecule has 0 saturated heterocycles. The maximum Gasteiger partial charge on any atom is 1.00 e. The van der Waals surface area contributed by atoms with E-state index in [0.29, 0.717) is 0 Å². The minimum atomic E-state index is -6.00. The van der Waals surface area contributed by atoms with E-state index in [2.05, 4.69) is 0 Å². The SMILES string of the molecule is FC(F)F.F[B-](F)(F)F.F[B-](F)(F)F.F[B-](F)(F)F.[H-].[Li+]. The molecule has 0 N–H and O–H groups in total. The molecule has 19 heteroatoms. The van der Waals surface area contributed by atoms with E-state index in [1.165, 1.54) is 0 Å². The average Bonchev–Trinajstić information content (AvgIpc) is 1.66. The van der Waals surface area contributed by atoms with Crippen molar-refractivity contribution in [1.29, 1.82) is 0 Å². The standard InChI is InChI=1S/CHF3.3BF4.Li.H/c2-1(3)4;3*2-1(3,4)5;;/h1H;;;;;/q;3*-1;+1;-1. The molecule has 0 rings (SSSR count). The van der Waals surface area contributed by atoms with Gasteiger partial charge in [-0.3, -0.25) is 0 Å². The van der Waals surface area contributed by atoms with Gasteiger partial charge in [0.15, 0.2) is 0 Å². The van der Waals surface area contributed by atoms with Gasteiger partial charge in [-0.05, 0) is 0 Å². The Morgan fingerprint density at radius 3 is 0.450 bits per heavy atom. The Hall–Kier alpha value is -0.258. The van der Waals surface area contributed by atoms with Gasteiger partial charge in [0.25, 0.3) is 0 Å². The molecule has 0 nitrogen and oxygen atoms in total. The molecular weight excluding hydrogens is 336 g/mol. The summed E-state index contributed by atoms with van der Waals surface area (Å²) in [5.41, 5.74) is 0. The number of rotatable bonds is 0. The van der Waals surface area contributed by atoms with Gasteiger partial charge in [0.05, 0.1) is 0 Å². The third-order valence-corrected chi connectivity index (χ3v) is 0.